The van der Waals surface area contributed by atoms with Crippen LogP contribution in [0.2, 0.25) is 0 Å². The van der Waals surface area contributed by atoms with Gasteiger partial charge in [-0.2, -0.15) is 28.7 Å². The van der Waals surface area contributed by atoms with Crippen LogP contribution in [-0.4, -0.2) is 131 Å². The van der Waals surface area contributed by atoms with E-state index < -0.39 is 85.1 Å². The van der Waals surface area contributed by atoms with Crippen LogP contribution in [0.1, 0.15) is 142 Å². The van der Waals surface area contributed by atoms with Gasteiger partial charge in [0.25, 0.3) is 0 Å². The van der Waals surface area contributed by atoms with E-state index in [1.807, 2.05) is 0 Å². The first-order valence-electron chi connectivity index (χ1n) is 29.3. The molecule has 85 heavy (non-hydrogen) atoms. The number of ether oxygens (including phenoxy) is 9. The van der Waals surface area contributed by atoms with E-state index in [1.165, 1.54) is 98.8 Å². The molecule has 6 atom stereocenters. The predicted molar refractivity (Wildman–Crippen MR) is 297 cm³/mol. The van der Waals surface area contributed by atoms with Gasteiger partial charge < -0.3 is 59.2 Å². The second-order valence-corrected chi connectivity index (χ2v) is 24.7. The van der Waals surface area contributed by atoms with Crippen LogP contribution < -0.4 is 11.5 Å². The number of nitrogens with two attached hydrogens (primary N) is 2. The van der Waals surface area contributed by atoms with E-state index in [2.05, 4.69) is 46.5 Å². The van der Waals surface area contributed by atoms with Gasteiger partial charge >= 0.3 is 36.1 Å². The number of hydrogen-bond acceptors (Lipinski definition) is 22. The minimum Gasteiger partial charge on any atom is -0.454 e. The molecule has 27 heteroatoms. The quantitative estimate of drug-likeness (QED) is 0.0221. The molecule has 6 heterocycles. The number of halogens is 3. The number of hydrogen-bond donors (Lipinski definition) is 3. The molecule has 5 N–H and O–H groups in total. The highest BCUT2D eigenvalue weighted by atomic mass is 35.5. The lowest BCUT2D eigenvalue weighted by Gasteiger charge is -2.57. The maximum atomic E-state index is 13.9. The van der Waals surface area contributed by atoms with Crippen molar-refractivity contribution in [2.45, 2.75) is 165 Å². The molecule has 2 saturated heterocycles. The highest BCUT2D eigenvalue weighted by Crippen LogP contribution is 2.63. The van der Waals surface area contributed by atoms with Gasteiger partial charge in [0.15, 0.2) is 45.7 Å². The monoisotopic (exact) mass is 1210 g/mol. The van der Waals surface area contributed by atoms with Crippen LogP contribution in [0.25, 0.3) is 22.3 Å². The van der Waals surface area contributed by atoms with E-state index in [4.69, 9.17) is 73.8 Å². The molecule has 4 aromatic heterocycles. The standard InChI is InChI=1S/C29H36FN5O7.C26H32FN5O5.C3H5ClO2/c1-3-29(15-40-26(36)39-7-5-6-28-12-17-8-18(13-28)10-19(9-17)14-28)20(41-27(37)38-4-2)11-21(42-29)35-16-32-22-23(31)33-25(30)34-24(22)35;1-2-26(18(33)9-19(37-26)32-14-29-20-21(28)30-23(27)31-22(20)32)13-36-24(34)35-5-3-4-25-10-15-6-16(11-25)8-17(7-15)12-25;1-2-6-3(4)5/h1,16-21H,4-15H2,2H3,(H2,31,33,34);1,14-19,33H,3-13H2,(H2,28,30,31);2H2,1H3/t17?,18?,19?,20-,21+,28?,29+;15?,16?,17?,18-,19+,25?,26+;/m00./s1. The number of nitrogens with zero attached hydrogens (tertiary/aromatic N) is 8. The zero-order valence-corrected chi connectivity index (χ0v) is 48.4. The number of terminal acetylenes is 2. The largest absolute Gasteiger partial charge is 0.508 e. The summed E-state index contributed by atoms with van der Waals surface area (Å²) in [5.74, 6) is 9.91. The average molecular weight is 1210 g/mol. The Bertz CT molecular complexity index is 3120. The summed E-state index contributed by atoms with van der Waals surface area (Å²) in [5, 5.41) is 10.7. The van der Waals surface area contributed by atoms with Crippen LogP contribution in [0.3, 0.4) is 0 Å². The molecule has 0 spiro atoms. The first-order chi connectivity index (χ1) is 40.8. The zero-order chi connectivity index (χ0) is 60.3. The van der Waals surface area contributed by atoms with Crippen LogP contribution in [0.4, 0.5) is 39.6 Å². The maximum Gasteiger partial charge on any atom is 0.508 e. The molecule has 8 bridgehead atoms. The summed E-state index contributed by atoms with van der Waals surface area (Å²) < 4.78 is 78.5. The van der Waals surface area contributed by atoms with Gasteiger partial charge in [0.2, 0.25) is 5.60 Å². The summed E-state index contributed by atoms with van der Waals surface area (Å²) in [6.45, 7) is 3.41. The fourth-order valence-corrected chi connectivity index (χ4v) is 16.1. The summed E-state index contributed by atoms with van der Waals surface area (Å²) in [6, 6.07) is 0. The molecule has 14 rings (SSSR count). The molecule has 24 nitrogen and oxygen atoms in total. The highest BCUT2D eigenvalue weighted by Gasteiger charge is 2.55. The van der Waals surface area contributed by atoms with Crippen LogP contribution in [-0.2, 0) is 42.6 Å². The number of aliphatic hydroxyl groups is 1. The Kier molecular flexibility index (Phi) is 18.4. The molecule has 10 aliphatic rings. The van der Waals surface area contributed by atoms with Gasteiger partial charge in [-0.3, -0.25) is 9.13 Å². The maximum absolute atomic E-state index is 13.9. The first kappa shape index (κ1) is 61.2. The summed E-state index contributed by atoms with van der Waals surface area (Å²) in [4.78, 5) is 69.4. The summed E-state index contributed by atoms with van der Waals surface area (Å²) in [5.41, 5.74) is 8.83. The molecular formula is C58H73ClF2N10O14. The number of nitrogen functional groups attached to an aromatic ring is 2. The fourth-order valence-electron chi connectivity index (χ4n) is 16.0. The van der Waals surface area contributed by atoms with Crippen molar-refractivity contribution in [1.29, 1.82) is 0 Å². The number of rotatable bonds is 17. The van der Waals surface area contributed by atoms with Crippen molar-refractivity contribution in [3.8, 4) is 24.7 Å². The number of imidazole rings is 2. The van der Waals surface area contributed by atoms with Crippen molar-refractivity contribution in [2.24, 2.45) is 46.3 Å². The van der Waals surface area contributed by atoms with Gasteiger partial charge in [0, 0.05) is 24.4 Å². The molecule has 8 saturated carbocycles. The zero-order valence-electron chi connectivity index (χ0n) is 47.7. The first-order valence-corrected chi connectivity index (χ1v) is 29.7. The van der Waals surface area contributed by atoms with Crippen molar-refractivity contribution in [1.82, 2.24) is 39.0 Å². The molecule has 10 fully saturated rings. The summed E-state index contributed by atoms with van der Waals surface area (Å²) in [7, 11) is 0. The number of anilines is 2. The summed E-state index contributed by atoms with van der Waals surface area (Å²) >= 11 is 4.72. The molecule has 460 valence electrons. The molecule has 0 aromatic carbocycles. The molecule has 8 aliphatic carbocycles. The number of carbonyl (C=O) groups excluding carboxylic acids is 4. The average Bonchev–Trinajstić information content (AvgIpc) is 2.62. The van der Waals surface area contributed by atoms with Crippen molar-refractivity contribution in [3.05, 3.63) is 24.8 Å². The van der Waals surface area contributed by atoms with Crippen molar-refractivity contribution in [2.75, 3.05) is 51.1 Å². The van der Waals surface area contributed by atoms with Crippen LogP contribution in [0.15, 0.2) is 12.7 Å². The molecule has 0 radical (unpaired) electrons. The minimum absolute atomic E-state index is 0.00345. The third-order valence-corrected chi connectivity index (χ3v) is 18.7. The normalized spacial score (nSPS) is 32.5. The molecule has 0 unspecified atom stereocenters. The second kappa shape index (κ2) is 25.6. The van der Waals surface area contributed by atoms with Gasteiger partial charge in [-0.05, 0) is 163 Å². The Hall–Kier alpha value is -6.87. The minimum atomic E-state index is -1.69. The number of carbonyl (C=O) groups is 4. The number of fused-ring (bicyclic) bond motifs is 2. The van der Waals surface area contributed by atoms with E-state index in [0.717, 1.165) is 61.2 Å². The van der Waals surface area contributed by atoms with Gasteiger partial charge in [-0.25, -0.2) is 29.1 Å². The van der Waals surface area contributed by atoms with Gasteiger partial charge in [-0.15, -0.1) is 12.8 Å². The lowest BCUT2D eigenvalue weighted by atomic mass is 9.48. The third-order valence-electron chi connectivity index (χ3n) is 18.6. The Balaban J connectivity index is 0.000000174. The van der Waals surface area contributed by atoms with E-state index in [0.29, 0.717) is 17.4 Å². The van der Waals surface area contributed by atoms with E-state index in [-0.39, 0.29) is 66.6 Å². The topological polar surface area (TPSA) is 311 Å². The van der Waals surface area contributed by atoms with E-state index in [1.54, 1.807) is 13.8 Å². The molecular weight excluding hydrogens is 1130 g/mol. The lowest BCUT2D eigenvalue weighted by Crippen LogP contribution is -2.46. The number of aliphatic hydroxyl groups excluding tert-OH is 1. The fraction of sp³-hybridized carbons (Fsp3) is 0.690. The number of aromatic nitrogens is 8. The Morgan fingerprint density at radius 1 is 0.624 bits per heavy atom. The Labute approximate surface area is 494 Å². The Morgan fingerprint density at radius 3 is 1.44 bits per heavy atom. The van der Waals surface area contributed by atoms with Crippen LogP contribution in [0, 0.1) is 83.2 Å². The predicted octanol–water partition coefficient (Wildman–Crippen LogP) is 9.26. The van der Waals surface area contributed by atoms with E-state index >= 15 is 0 Å². The van der Waals surface area contributed by atoms with Gasteiger partial charge in [0.1, 0.15) is 31.8 Å². The SMILES string of the molecule is C#C[C@]1(COC(=O)OCCCC23CC4CC(CC(C4)C2)C3)O[C@@H](n2cnc3c(N)nc(F)nc32)C[C@@H]1O.C#C[C@]1(COC(=O)OCCCC23CC4CC(CC(C4)C2)C3)O[C@@H](n2cnc3c(N)nc(F)nc32)C[C@@H]1OC(=O)OCC.CCOC(=O)Cl. The molecule has 4 aromatic rings. The molecule has 0 amide bonds. The van der Waals surface area contributed by atoms with Crippen LogP contribution in [0.5, 0.6) is 0 Å². The second-order valence-electron chi connectivity index (χ2n) is 24.4. The van der Waals surface area contributed by atoms with Crippen molar-refractivity contribution < 1.29 is 75.7 Å². The van der Waals surface area contributed by atoms with Crippen LogP contribution >= 0.6 is 11.6 Å². The molecule has 2 aliphatic heterocycles. The van der Waals surface area contributed by atoms with Crippen molar-refractivity contribution in [3.63, 3.8) is 0 Å². The lowest BCUT2D eigenvalue weighted by molar-refractivity contribution is -0.105. The summed E-state index contributed by atoms with van der Waals surface area (Å²) in [6.07, 6.45) is 25.5. The van der Waals surface area contributed by atoms with Gasteiger partial charge in [-0.1, -0.05) is 11.8 Å². The van der Waals surface area contributed by atoms with Gasteiger partial charge in [0.05, 0.1) is 39.1 Å². The van der Waals surface area contributed by atoms with E-state index in [9.17, 15) is 33.1 Å². The third kappa shape index (κ3) is 13.6. The Morgan fingerprint density at radius 2 is 1.04 bits per heavy atom. The van der Waals surface area contributed by atoms with Crippen molar-refractivity contribution >= 4 is 69.5 Å². The highest BCUT2D eigenvalue weighted by molar-refractivity contribution is 6.61. The smallest absolute Gasteiger partial charge is 0.454 e.